The quantitative estimate of drug-likeness (QED) is 0.129. The molecule has 4 aromatic carbocycles. The van der Waals surface area contributed by atoms with Crippen molar-refractivity contribution in [3.05, 3.63) is 161 Å². The van der Waals surface area contributed by atoms with Gasteiger partial charge in [-0.15, -0.1) is 17.7 Å². The Bertz CT molecular complexity index is 2000. The summed E-state index contributed by atoms with van der Waals surface area (Å²) in [5.41, 5.74) is 9.32. The predicted octanol–water partition coefficient (Wildman–Crippen LogP) is 8.85. The topological polar surface area (TPSA) is 30.9 Å². The molecule has 0 aliphatic heterocycles. The van der Waals surface area contributed by atoms with E-state index in [4.69, 9.17) is 9.72 Å². The first-order valence-electron chi connectivity index (χ1n) is 15.9. The molecule has 0 saturated heterocycles. The molecular weight excluding hydrogens is 758 g/mol. The second-order valence-corrected chi connectivity index (χ2v) is 14.3. The first kappa shape index (κ1) is 32.7. The average molecular weight is 797 g/mol. The standard InChI is InChI=1S/C42H39N3O.Pt/c1-40(2,3)29-19-21-34-35-22-20-30(41(4,5)6)27-37(35)42(36(34)26-29,31-13-11-14-32(25-31)45-24-23-44(7)28-45)38-17-12-18-39(43-38)46-33-15-9-8-10-16-33;/h8-15,17-24,26-27H,1-7H3;/q-2;. The molecule has 47 heavy (non-hydrogen) atoms. The Kier molecular flexibility index (Phi) is 8.39. The van der Waals surface area contributed by atoms with Gasteiger partial charge in [0, 0.05) is 45.3 Å². The van der Waals surface area contributed by atoms with E-state index in [9.17, 15) is 0 Å². The number of ether oxygens (including phenoxy) is 1. The number of rotatable bonds is 5. The fourth-order valence-electron chi connectivity index (χ4n) is 6.55. The van der Waals surface area contributed by atoms with E-state index < -0.39 is 5.41 Å². The van der Waals surface area contributed by atoms with Crippen LogP contribution in [0.3, 0.4) is 0 Å². The van der Waals surface area contributed by atoms with E-state index in [2.05, 4.69) is 121 Å². The Labute approximate surface area is 293 Å². The van der Waals surface area contributed by atoms with E-state index in [1.54, 1.807) is 0 Å². The van der Waals surface area contributed by atoms with Crippen LogP contribution in [-0.2, 0) is 44.4 Å². The van der Waals surface area contributed by atoms with Gasteiger partial charge in [-0.1, -0.05) is 89.7 Å². The van der Waals surface area contributed by atoms with Gasteiger partial charge in [-0.05, 0) is 50.3 Å². The largest absolute Gasteiger partial charge is 0.466 e. The SMILES string of the molecule is C[n+]1[c-]n(-c2[c-]c(C3(c4cccc(Oc5[c-]cccc5)n4)c4cc(C(C)(C)C)ccc4-c4ccc(C(C)(C)C)cc43)ccc2)cc1.[Pt]. The molecule has 240 valence electrons. The van der Waals surface area contributed by atoms with Gasteiger partial charge in [0.1, 0.15) is 0 Å². The molecule has 0 unspecified atom stereocenters. The minimum atomic E-state index is -0.766. The smallest absolute Gasteiger partial charge is 0.241 e. The van der Waals surface area contributed by atoms with Crippen molar-refractivity contribution in [3.8, 4) is 28.4 Å². The van der Waals surface area contributed by atoms with Crippen LogP contribution < -0.4 is 9.30 Å². The molecule has 0 atom stereocenters. The van der Waals surface area contributed by atoms with Crippen LogP contribution in [0.2, 0.25) is 0 Å². The first-order valence-corrected chi connectivity index (χ1v) is 15.9. The fraction of sp³-hybridized carbons (Fsp3) is 0.238. The maximum atomic E-state index is 6.30. The minimum absolute atomic E-state index is 0. The number of hydrogen-bond donors (Lipinski definition) is 0. The third-order valence-corrected chi connectivity index (χ3v) is 9.02. The van der Waals surface area contributed by atoms with E-state index in [0.29, 0.717) is 11.6 Å². The van der Waals surface area contributed by atoms with Gasteiger partial charge in [-0.2, -0.15) is 42.5 Å². The Balaban J connectivity index is 0.00000386. The van der Waals surface area contributed by atoms with Crippen LogP contribution in [0.5, 0.6) is 11.6 Å². The summed E-state index contributed by atoms with van der Waals surface area (Å²) in [6.45, 7) is 13.6. The molecule has 4 nitrogen and oxygen atoms in total. The molecule has 2 aromatic heterocycles. The zero-order valence-electron chi connectivity index (χ0n) is 28.0. The third kappa shape index (κ3) is 5.78. The zero-order valence-corrected chi connectivity index (χ0v) is 30.2. The molecule has 0 amide bonds. The Hall–Kier alpha value is -4.27. The molecule has 7 rings (SSSR count). The van der Waals surface area contributed by atoms with Crippen LogP contribution >= 0.6 is 0 Å². The van der Waals surface area contributed by atoms with Crippen LogP contribution in [0.4, 0.5) is 0 Å². The first-order chi connectivity index (χ1) is 21.9. The molecule has 6 aromatic rings. The summed E-state index contributed by atoms with van der Waals surface area (Å²) < 4.78 is 10.2. The van der Waals surface area contributed by atoms with Gasteiger partial charge in [0.05, 0.1) is 18.2 Å². The molecule has 5 heteroatoms. The van der Waals surface area contributed by atoms with Crippen molar-refractivity contribution in [2.24, 2.45) is 7.05 Å². The van der Waals surface area contributed by atoms with Crippen molar-refractivity contribution in [2.45, 2.75) is 57.8 Å². The maximum absolute atomic E-state index is 6.30. The van der Waals surface area contributed by atoms with Crippen molar-refractivity contribution < 1.29 is 30.4 Å². The summed E-state index contributed by atoms with van der Waals surface area (Å²) in [5.74, 6) is 1.15. The summed E-state index contributed by atoms with van der Waals surface area (Å²) in [5, 5.41) is 0. The fourth-order valence-corrected chi connectivity index (χ4v) is 6.55. The summed E-state index contributed by atoms with van der Waals surface area (Å²) in [6.07, 6.45) is 7.36. The molecule has 1 aliphatic carbocycles. The zero-order chi connectivity index (χ0) is 32.3. The monoisotopic (exact) mass is 796 g/mol. The molecule has 0 spiro atoms. The number of benzene rings is 4. The van der Waals surface area contributed by atoms with Crippen LogP contribution in [-0.4, -0.2) is 9.55 Å². The van der Waals surface area contributed by atoms with Crippen LogP contribution in [0, 0.1) is 18.5 Å². The van der Waals surface area contributed by atoms with E-state index in [0.717, 1.165) is 16.9 Å². The van der Waals surface area contributed by atoms with Gasteiger partial charge in [-0.3, -0.25) is 0 Å². The van der Waals surface area contributed by atoms with Crippen LogP contribution in [0.15, 0.2) is 109 Å². The van der Waals surface area contributed by atoms with Crippen molar-refractivity contribution in [1.29, 1.82) is 0 Å². The number of aryl methyl sites for hydroxylation is 1. The van der Waals surface area contributed by atoms with Crippen molar-refractivity contribution in [1.82, 2.24) is 9.55 Å². The van der Waals surface area contributed by atoms with E-state index in [1.807, 2.05) is 65.0 Å². The number of imidazole rings is 1. The molecule has 0 bridgehead atoms. The molecule has 0 fully saturated rings. The molecule has 0 saturated carbocycles. The van der Waals surface area contributed by atoms with Gasteiger partial charge in [-0.25, -0.2) is 4.98 Å². The number of pyridine rings is 1. The predicted molar refractivity (Wildman–Crippen MR) is 182 cm³/mol. The number of aromatic nitrogens is 3. The van der Waals surface area contributed by atoms with Crippen LogP contribution in [0.25, 0.3) is 16.8 Å². The van der Waals surface area contributed by atoms with Gasteiger partial charge in [0.25, 0.3) is 0 Å². The Morgan fingerprint density at radius 2 is 1.43 bits per heavy atom. The summed E-state index contributed by atoms with van der Waals surface area (Å²) in [4.78, 5) is 5.31. The van der Waals surface area contributed by atoms with Gasteiger partial charge < -0.3 is 13.9 Å². The van der Waals surface area contributed by atoms with E-state index in [-0.39, 0.29) is 31.9 Å². The van der Waals surface area contributed by atoms with E-state index in [1.165, 1.54) is 33.4 Å². The normalized spacial score (nSPS) is 13.4. The molecular formula is C42H39N3OPt-2. The van der Waals surface area contributed by atoms with Gasteiger partial charge in [0.15, 0.2) is 0 Å². The third-order valence-electron chi connectivity index (χ3n) is 9.02. The number of hydrogen-bond acceptors (Lipinski definition) is 2. The van der Waals surface area contributed by atoms with E-state index >= 15 is 0 Å². The Morgan fingerprint density at radius 3 is 2.00 bits per heavy atom. The Morgan fingerprint density at radius 1 is 0.766 bits per heavy atom. The van der Waals surface area contributed by atoms with Crippen molar-refractivity contribution in [2.75, 3.05) is 0 Å². The average Bonchev–Trinajstić information content (AvgIpc) is 3.60. The minimum Gasteiger partial charge on any atom is -0.466 e. The number of nitrogens with zero attached hydrogens (tertiary/aromatic N) is 3. The summed E-state index contributed by atoms with van der Waals surface area (Å²) in [6, 6.07) is 41.1. The van der Waals surface area contributed by atoms with Crippen molar-refractivity contribution >= 4 is 0 Å². The van der Waals surface area contributed by atoms with Crippen molar-refractivity contribution in [3.63, 3.8) is 0 Å². The van der Waals surface area contributed by atoms with Gasteiger partial charge >= 0.3 is 0 Å². The molecule has 0 radical (unpaired) electrons. The van der Waals surface area contributed by atoms with Gasteiger partial charge in [0.2, 0.25) is 12.2 Å². The number of para-hydroxylation sites is 1. The molecule has 1 aliphatic rings. The maximum Gasteiger partial charge on any atom is 0.241 e. The molecule has 0 N–H and O–H groups in total. The molecule has 2 heterocycles. The second-order valence-electron chi connectivity index (χ2n) is 14.3. The number of fused-ring (bicyclic) bond motifs is 3. The summed E-state index contributed by atoms with van der Waals surface area (Å²) >= 11 is 0. The van der Waals surface area contributed by atoms with Crippen LogP contribution in [0.1, 0.15) is 75.1 Å². The summed E-state index contributed by atoms with van der Waals surface area (Å²) in [7, 11) is 1.98. The second kappa shape index (κ2) is 12.1.